The maximum atomic E-state index is 13.1. The van der Waals surface area contributed by atoms with Crippen molar-refractivity contribution in [2.75, 3.05) is 7.11 Å². The van der Waals surface area contributed by atoms with Crippen LogP contribution in [0.4, 0.5) is 4.39 Å². The average Bonchev–Trinajstić information content (AvgIpc) is 2.58. The fraction of sp³-hybridized carbons (Fsp3) is 0.750. The summed E-state index contributed by atoms with van der Waals surface area (Å²) in [5.41, 5.74) is 0. The summed E-state index contributed by atoms with van der Waals surface area (Å²) in [4.78, 5) is 10.7. The lowest BCUT2D eigenvalue weighted by Gasteiger charge is -2.20. The van der Waals surface area contributed by atoms with E-state index in [9.17, 15) is 9.18 Å². The van der Waals surface area contributed by atoms with Crippen molar-refractivity contribution >= 4 is 5.78 Å². The van der Waals surface area contributed by atoms with E-state index in [-0.39, 0.29) is 12.2 Å². The number of Topliss-reactive ketones (excluding diaryl/α,β-unsaturated/α-hetero) is 1. The minimum Gasteiger partial charge on any atom is -0.376 e. The molecule has 0 spiro atoms. The Morgan fingerprint density at radius 1 is 1.59 bits per heavy atom. The lowest BCUT2D eigenvalue weighted by Crippen LogP contribution is -2.29. The van der Waals surface area contributed by atoms with Gasteiger partial charge < -0.3 is 14.2 Å². The molecule has 1 rings (SSSR count). The molecule has 17 heavy (non-hydrogen) atoms. The summed E-state index contributed by atoms with van der Waals surface area (Å²) in [5, 5.41) is 0. The zero-order valence-corrected chi connectivity index (χ0v) is 10.6. The van der Waals surface area contributed by atoms with E-state index in [2.05, 4.69) is 0 Å². The molecular formula is C12H19FO4. The quantitative estimate of drug-likeness (QED) is 0.696. The molecule has 0 aromatic rings. The fourth-order valence-electron chi connectivity index (χ4n) is 1.71. The smallest absolute Gasteiger partial charge is 0.187 e. The van der Waals surface area contributed by atoms with Crippen molar-refractivity contribution in [2.45, 2.75) is 51.8 Å². The molecule has 4 atom stereocenters. The van der Waals surface area contributed by atoms with Crippen molar-refractivity contribution in [1.29, 1.82) is 0 Å². The van der Waals surface area contributed by atoms with Crippen LogP contribution >= 0.6 is 0 Å². The number of halogens is 1. The summed E-state index contributed by atoms with van der Waals surface area (Å²) in [6.07, 6.45) is 0.738. The summed E-state index contributed by atoms with van der Waals surface area (Å²) >= 11 is 0. The number of hydrogen-bond donors (Lipinski definition) is 0. The highest BCUT2D eigenvalue weighted by atomic mass is 19.1. The molecule has 4 unspecified atom stereocenters. The van der Waals surface area contributed by atoms with E-state index < -0.39 is 24.0 Å². The van der Waals surface area contributed by atoms with Crippen LogP contribution < -0.4 is 0 Å². The number of hydrogen-bond acceptors (Lipinski definition) is 4. The van der Waals surface area contributed by atoms with Gasteiger partial charge >= 0.3 is 0 Å². The van der Waals surface area contributed by atoms with Crippen LogP contribution in [0.3, 0.4) is 0 Å². The van der Waals surface area contributed by atoms with Crippen molar-refractivity contribution in [1.82, 2.24) is 0 Å². The molecule has 5 heteroatoms. The number of allylic oxidation sites excluding steroid dienone is 1. The summed E-state index contributed by atoms with van der Waals surface area (Å²) in [6, 6.07) is 0. The molecule has 0 N–H and O–H groups in total. The van der Waals surface area contributed by atoms with Gasteiger partial charge in [0.05, 0.1) is 12.2 Å². The largest absolute Gasteiger partial charge is 0.376 e. The molecule has 0 bridgehead atoms. The van der Waals surface area contributed by atoms with Gasteiger partial charge in [-0.1, -0.05) is 0 Å². The lowest BCUT2D eigenvalue weighted by molar-refractivity contribution is -0.180. The monoisotopic (exact) mass is 246 g/mol. The summed E-state index contributed by atoms with van der Waals surface area (Å²) < 4.78 is 29.3. The van der Waals surface area contributed by atoms with Crippen LogP contribution in [0.25, 0.3) is 0 Å². The zero-order valence-electron chi connectivity index (χ0n) is 10.6. The second-order valence-corrected chi connectivity index (χ2v) is 4.24. The Morgan fingerprint density at radius 3 is 2.76 bits per heavy atom. The van der Waals surface area contributed by atoms with Crippen LogP contribution in [0.5, 0.6) is 0 Å². The van der Waals surface area contributed by atoms with E-state index in [0.717, 1.165) is 12.5 Å². The highest BCUT2D eigenvalue weighted by Gasteiger charge is 2.34. The Bertz CT molecular complexity index is 303. The van der Waals surface area contributed by atoms with Crippen molar-refractivity contribution < 1.29 is 23.4 Å². The number of ketones is 1. The van der Waals surface area contributed by atoms with Crippen molar-refractivity contribution in [3.63, 3.8) is 0 Å². The SMILES string of the molecule is COC1CC(C)OC1OC(C)/C=C(/F)C(C)=O. The number of carbonyl (C=O) groups excluding carboxylic acids is 1. The lowest BCUT2D eigenvalue weighted by atomic mass is 10.2. The van der Waals surface area contributed by atoms with Gasteiger partial charge in [0.15, 0.2) is 17.9 Å². The van der Waals surface area contributed by atoms with Crippen molar-refractivity contribution in [3.8, 4) is 0 Å². The summed E-state index contributed by atoms with van der Waals surface area (Å²) in [6.45, 7) is 4.75. The second-order valence-electron chi connectivity index (χ2n) is 4.24. The van der Waals surface area contributed by atoms with Gasteiger partial charge in [-0.2, -0.15) is 0 Å². The van der Waals surface area contributed by atoms with Crippen LogP contribution in [0.2, 0.25) is 0 Å². The third kappa shape index (κ3) is 4.18. The predicted octanol–water partition coefficient (Wildman–Crippen LogP) is 1.98. The van der Waals surface area contributed by atoms with Gasteiger partial charge in [-0.3, -0.25) is 4.79 Å². The maximum Gasteiger partial charge on any atom is 0.187 e. The third-order valence-corrected chi connectivity index (χ3v) is 2.60. The molecule has 0 aliphatic carbocycles. The van der Waals surface area contributed by atoms with Gasteiger partial charge in [0.25, 0.3) is 0 Å². The number of ether oxygens (including phenoxy) is 3. The van der Waals surface area contributed by atoms with E-state index in [1.54, 1.807) is 14.0 Å². The molecule has 1 fully saturated rings. The molecule has 1 aliphatic heterocycles. The van der Waals surface area contributed by atoms with Gasteiger partial charge in [0, 0.05) is 20.5 Å². The third-order valence-electron chi connectivity index (χ3n) is 2.60. The van der Waals surface area contributed by atoms with Crippen LogP contribution in [0.15, 0.2) is 11.9 Å². The van der Waals surface area contributed by atoms with Gasteiger partial charge in [0.2, 0.25) is 0 Å². The van der Waals surface area contributed by atoms with Crippen LogP contribution in [0, 0.1) is 0 Å². The number of rotatable bonds is 5. The normalized spacial score (nSPS) is 31.6. The van der Waals surface area contributed by atoms with Crippen LogP contribution in [-0.2, 0) is 19.0 Å². The molecule has 1 aliphatic rings. The van der Waals surface area contributed by atoms with E-state index in [1.165, 1.54) is 6.92 Å². The van der Waals surface area contributed by atoms with Crippen molar-refractivity contribution in [3.05, 3.63) is 11.9 Å². The standard InChI is InChI=1S/C12H19FO4/c1-7(5-10(13)9(3)14)16-12-11(15-4)6-8(2)17-12/h5,7-8,11-12H,6H2,1-4H3/b10-5+. The fourth-order valence-corrected chi connectivity index (χ4v) is 1.71. The van der Waals surface area contributed by atoms with Gasteiger partial charge in [0.1, 0.15) is 6.10 Å². The minimum absolute atomic E-state index is 0.0544. The van der Waals surface area contributed by atoms with Gasteiger partial charge in [-0.25, -0.2) is 4.39 Å². The van der Waals surface area contributed by atoms with Crippen LogP contribution in [0.1, 0.15) is 27.2 Å². The maximum absolute atomic E-state index is 13.1. The number of methoxy groups -OCH3 is 1. The van der Waals surface area contributed by atoms with E-state index in [0.29, 0.717) is 0 Å². The van der Waals surface area contributed by atoms with Gasteiger partial charge in [-0.05, 0) is 19.9 Å². The Balaban J connectivity index is 2.53. The Morgan fingerprint density at radius 2 is 2.24 bits per heavy atom. The average molecular weight is 246 g/mol. The Kier molecular flexibility index (Phi) is 5.24. The molecule has 1 saturated heterocycles. The summed E-state index contributed by atoms with van der Waals surface area (Å²) in [7, 11) is 1.58. The summed E-state index contributed by atoms with van der Waals surface area (Å²) in [5.74, 6) is -1.40. The first kappa shape index (κ1) is 14.3. The van der Waals surface area contributed by atoms with Crippen molar-refractivity contribution in [2.24, 2.45) is 0 Å². The number of carbonyl (C=O) groups is 1. The molecule has 0 amide bonds. The molecule has 0 saturated carbocycles. The first-order valence-electron chi connectivity index (χ1n) is 5.66. The molecule has 4 nitrogen and oxygen atoms in total. The van der Waals surface area contributed by atoms with E-state index >= 15 is 0 Å². The van der Waals surface area contributed by atoms with E-state index in [1.807, 2.05) is 6.92 Å². The Hall–Kier alpha value is -0.780. The molecule has 0 aromatic carbocycles. The molecular weight excluding hydrogens is 227 g/mol. The molecule has 98 valence electrons. The first-order chi connectivity index (χ1) is 7.93. The highest BCUT2D eigenvalue weighted by Crippen LogP contribution is 2.24. The van der Waals surface area contributed by atoms with Gasteiger partial charge in [-0.15, -0.1) is 0 Å². The predicted molar refractivity (Wildman–Crippen MR) is 60.2 cm³/mol. The van der Waals surface area contributed by atoms with Crippen LogP contribution in [-0.4, -0.2) is 37.5 Å². The first-order valence-corrected chi connectivity index (χ1v) is 5.66. The second kappa shape index (κ2) is 6.23. The molecule has 0 radical (unpaired) electrons. The Labute approximate surface area is 101 Å². The van der Waals surface area contributed by atoms with E-state index in [4.69, 9.17) is 14.2 Å². The topological polar surface area (TPSA) is 44.8 Å². The highest BCUT2D eigenvalue weighted by molar-refractivity contribution is 5.90. The molecule has 1 heterocycles. The minimum atomic E-state index is -0.794. The molecule has 0 aromatic heterocycles. The zero-order chi connectivity index (χ0) is 13.0.